The summed E-state index contributed by atoms with van der Waals surface area (Å²) in [6.07, 6.45) is -0.0962. The molecule has 32 heavy (non-hydrogen) atoms. The molecule has 8 heteroatoms. The molecule has 2 aromatic rings. The fourth-order valence-corrected chi connectivity index (χ4v) is 3.49. The number of rotatable bonds is 5. The monoisotopic (exact) mass is 460 g/mol. The van der Waals surface area contributed by atoms with Gasteiger partial charge in [0.25, 0.3) is 0 Å². The van der Waals surface area contributed by atoms with Crippen LogP contribution in [-0.2, 0) is 4.74 Å². The molecule has 0 radical (unpaired) electrons. The van der Waals surface area contributed by atoms with Crippen LogP contribution in [0.3, 0.4) is 0 Å². The highest BCUT2D eigenvalue weighted by molar-refractivity contribution is 6.31. The van der Waals surface area contributed by atoms with Crippen LogP contribution in [0.4, 0.5) is 15.3 Å². The fraction of sp³-hybridized carbons (Fsp3) is 0.417. The third-order valence-electron chi connectivity index (χ3n) is 4.91. The predicted octanol–water partition coefficient (Wildman–Crippen LogP) is 5.90. The summed E-state index contributed by atoms with van der Waals surface area (Å²) < 4.78 is 16.7. The largest absolute Gasteiger partial charge is 0.493 e. The summed E-state index contributed by atoms with van der Waals surface area (Å²) in [5.74, 6) is 1.19. The molecule has 0 aliphatic carbocycles. The zero-order chi connectivity index (χ0) is 23.3. The molecule has 0 saturated carbocycles. The molecule has 7 nitrogen and oxygen atoms in total. The van der Waals surface area contributed by atoms with Crippen LogP contribution in [0.5, 0.6) is 11.5 Å². The zero-order valence-electron chi connectivity index (χ0n) is 18.8. The van der Waals surface area contributed by atoms with E-state index in [9.17, 15) is 9.59 Å². The number of hydrogen-bond acceptors (Lipinski definition) is 5. The minimum Gasteiger partial charge on any atom is -0.493 e. The molecule has 2 aromatic carbocycles. The number of anilines is 1. The number of carbonyl (C=O) groups is 2. The van der Waals surface area contributed by atoms with Gasteiger partial charge in [0, 0.05) is 41.3 Å². The highest BCUT2D eigenvalue weighted by Gasteiger charge is 2.30. The molecule has 1 N–H and O–H groups in total. The van der Waals surface area contributed by atoms with E-state index in [0.717, 1.165) is 12.0 Å². The normalized spacial score (nSPS) is 15.9. The SMILES string of the molecule is Cc1c(Cl)cc(NC(=O)Oc2ccccc2)cc1OCC1CCN(C(=O)OC(C)(C)C)C1. The minimum atomic E-state index is -0.620. The van der Waals surface area contributed by atoms with Crippen LogP contribution in [-0.4, -0.2) is 42.4 Å². The molecule has 1 aliphatic heterocycles. The average Bonchev–Trinajstić information content (AvgIpc) is 3.18. The van der Waals surface area contributed by atoms with Crippen molar-refractivity contribution in [3.63, 3.8) is 0 Å². The third kappa shape index (κ3) is 6.79. The number of nitrogens with zero attached hydrogens (tertiary/aromatic N) is 1. The first-order chi connectivity index (χ1) is 15.1. The highest BCUT2D eigenvalue weighted by atomic mass is 35.5. The lowest BCUT2D eigenvalue weighted by atomic mass is 10.1. The number of carbonyl (C=O) groups excluding carboxylic acids is 2. The van der Waals surface area contributed by atoms with Crippen molar-refractivity contribution in [2.24, 2.45) is 5.92 Å². The van der Waals surface area contributed by atoms with Crippen molar-refractivity contribution >= 4 is 29.5 Å². The van der Waals surface area contributed by atoms with Crippen LogP contribution in [0.2, 0.25) is 5.02 Å². The molecule has 3 rings (SSSR count). The maximum atomic E-state index is 12.3. The van der Waals surface area contributed by atoms with Crippen LogP contribution in [0, 0.1) is 12.8 Å². The van der Waals surface area contributed by atoms with Gasteiger partial charge in [0.15, 0.2) is 0 Å². The van der Waals surface area contributed by atoms with Gasteiger partial charge in [-0.25, -0.2) is 9.59 Å². The van der Waals surface area contributed by atoms with Crippen molar-refractivity contribution in [2.45, 2.75) is 39.7 Å². The summed E-state index contributed by atoms with van der Waals surface area (Å²) in [4.78, 5) is 26.1. The van der Waals surface area contributed by atoms with Crippen LogP contribution >= 0.6 is 11.6 Å². The molecule has 1 unspecified atom stereocenters. The van der Waals surface area contributed by atoms with Gasteiger partial charge in [0.2, 0.25) is 0 Å². The second-order valence-electron chi connectivity index (χ2n) is 8.80. The van der Waals surface area contributed by atoms with E-state index in [1.165, 1.54) is 0 Å². The number of nitrogens with one attached hydrogen (secondary N) is 1. The van der Waals surface area contributed by atoms with Crippen molar-refractivity contribution in [3.8, 4) is 11.5 Å². The van der Waals surface area contributed by atoms with Gasteiger partial charge >= 0.3 is 12.2 Å². The summed E-state index contributed by atoms with van der Waals surface area (Å²) in [5, 5.41) is 3.15. The Bertz CT molecular complexity index is 959. The zero-order valence-corrected chi connectivity index (χ0v) is 19.6. The number of para-hydroxylation sites is 1. The van der Waals surface area contributed by atoms with Gasteiger partial charge in [-0.3, -0.25) is 5.32 Å². The molecule has 1 fully saturated rings. The Labute approximate surface area is 193 Å². The minimum absolute atomic E-state index is 0.181. The Morgan fingerprint density at radius 2 is 1.91 bits per heavy atom. The second kappa shape index (κ2) is 10.1. The molecular weight excluding hydrogens is 432 g/mol. The van der Waals surface area contributed by atoms with E-state index in [1.807, 2.05) is 33.8 Å². The van der Waals surface area contributed by atoms with Crippen molar-refractivity contribution in [3.05, 3.63) is 53.1 Å². The van der Waals surface area contributed by atoms with Crippen LogP contribution in [0.25, 0.3) is 0 Å². The summed E-state index contributed by atoms with van der Waals surface area (Å²) >= 11 is 6.34. The van der Waals surface area contributed by atoms with Gasteiger partial charge in [0.05, 0.1) is 6.61 Å². The molecule has 1 atom stereocenters. The van der Waals surface area contributed by atoms with E-state index in [2.05, 4.69) is 5.32 Å². The maximum Gasteiger partial charge on any atom is 0.417 e. The van der Waals surface area contributed by atoms with Crippen molar-refractivity contribution in [2.75, 3.05) is 25.0 Å². The number of halogens is 1. The highest BCUT2D eigenvalue weighted by Crippen LogP contribution is 2.31. The van der Waals surface area contributed by atoms with E-state index in [-0.39, 0.29) is 12.0 Å². The number of amides is 2. The molecule has 172 valence electrons. The molecule has 1 saturated heterocycles. The van der Waals surface area contributed by atoms with Gasteiger partial charge in [-0.2, -0.15) is 0 Å². The standard InChI is InChI=1S/C24H29ClN2O5/c1-16-20(25)12-18(26-22(28)31-19-8-6-5-7-9-19)13-21(16)30-15-17-10-11-27(14-17)23(29)32-24(2,3)4/h5-9,12-13,17H,10-11,14-15H2,1-4H3,(H,26,28). The lowest BCUT2D eigenvalue weighted by Gasteiger charge is -2.24. The summed E-state index contributed by atoms with van der Waals surface area (Å²) in [7, 11) is 0. The molecule has 2 amide bonds. The van der Waals surface area contributed by atoms with E-state index in [1.54, 1.807) is 41.3 Å². The van der Waals surface area contributed by atoms with Gasteiger partial charge in [0.1, 0.15) is 17.1 Å². The van der Waals surface area contributed by atoms with Crippen LogP contribution in [0.1, 0.15) is 32.8 Å². The number of benzene rings is 2. The Hall–Kier alpha value is -2.93. The summed E-state index contributed by atoms with van der Waals surface area (Å²) in [5.41, 5.74) is 0.725. The summed E-state index contributed by atoms with van der Waals surface area (Å²) in [6.45, 7) is 9.04. The quantitative estimate of drug-likeness (QED) is 0.601. The van der Waals surface area contributed by atoms with Crippen molar-refractivity contribution < 1.29 is 23.8 Å². The van der Waals surface area contributed by atoms with E-state index in [4.69, 9.17) is 25.8 Å². The van der Waals surface area contributed by atoms with E-state index >= 15 is 0 Å². The van der Waals surface area contributed by atoms with Gasteiger partial charge in [-0.1, -0.05) is 29.8 Å². The van der Waals surface area contributed by atoms with Gasteiger partial charge in [-0.15, -0.1) is 0 Å². The first kappa shape index (κ1) is 23.7. The van der Waals surface area contributed by atoms with E-state index < -0.39 is 11.7 Å². The van der Waals surface area contributed by atoms with Crippen molar-refractivity contribution in [1.82, 2.24) is 4.90 Å². The Morgan fingerprint density at radius 3 is 2.59 bits per heavy atom. The van der Waals surface area contributed by atoms with E-state index in [0.29, 0.717) is 41.9 Å². The van der Waals surface area contributed by atoms with Crippen LogP contribution in [0.15, 0.2) is 42.5 Å². The Morgan fingerprint density at radius 1 is 1.19 bits per heavy atom. The lowest BCUT2D eigenvalue weighted by Crippen LogP contribution is -2.35. The Balaban J connectivity index is 1.57. The smallest absolute Gasteiger partial charge is 0.417 e. The second-order valence-corrected chi connectivity index (χ2v) is 9.21. The molecular formula is C24H29ClN2O5. The number of likely N-dealkylation sites (tertiary alicyclic amines) is 1. The number of ether oxygens (including phenoxy) is 3. The average molecular weight is 461 g/mol. The van der Waals surface area contributed by atoms with Crippen LogP contribution < -0.4 is 14.8 Å². The molecule has 0 spiro atoms. The van der Waals surface area contributed by atoms with Gasteiger partial charge < -0.3 is 19.1 Å². The topological polar surface area (TPSA) is 77.1 Å². The Kier molecular flexibility index (Phi) is 7.51. The molecule has 1 heterocycles. The maximum absolute atomic E-state index is 12.3. The molecule has 0 bridgehead atoms. The fourth-order valence-electron chi connectivity index (χ4n) is 3.28. The first-order valence-corrected chi connectivity index (χ1v) is 10.9. The van der Waals surface area contributed by atoms with Gasteiger partial charge in [-0.05, 0) is 52.3 Å². The lowest BCUT2D eigenvalue weighted by molar-refractivity contribution is 0.0284. The predicted molar refractivity (Wildman–Crippen MR) is 124 cm³/mol. The van der Waals surface area contributed by atoms with Crippen molar-refractivity contribution in [1.29, 1.82) is 0 Å². The third-order valence-corrected chi connectivity index (χ3v) is 5.30. The number of hydrogen-bond donors (Lipinski definition) is 1. The summed E-state index contributed by atoms with van der Waals surface area (Å²) in [6, 6.07) is 12.2. The molecule has 1 aliphatic rings. The molecule has 0 aromatic heterocycles. The first-order valence-electron chi connectivity index (χ1n) is 10.6.